The Bertz CT molecular complexity index is 385. The summed E-state index contributed by atoms with van der Waals surface area (Å²) < 4.78 is 23.7. The van der Waals surface area contributed by atoms with Gasteiger partial charge >= 0.3 is 7.12 Å². The smallest absolute Gasteiger partial charge is 0.423 e. The van der Waals surface area contributed by atoms with Crippen LogP contribution in [-0.4, -0.2) is 37.0 Å². The Morgan fingerprint density at radius 3 is 2.53 bits per heavy atom. The third-order valence-corrected chi connectivity index (χ3v) is 2.47. The second-order valence-corrected chi connectivity index (χ2v) is 4.74. The largest absolute Gasteiger partial charge is 0.488 e. The standard InChI is InChI=1S/C13H20BFO4/c1-10(2)8-18-5-6-19-9-11-3-4-12(15)7-13(11)14(16)17/h3-4,7,10,16-17H,5-6,8-9H2,1-2H3. The number of hydrogen-bond acceptors (Lipinski definition) is 4. The van der Waals surface area contributed by atoms with Crippen LogP contribution in [0.3, 0.4) is 0 Å². The molecule has 2 N–H and O–H groups in total. The molecule has 1 aromatic rings. The fourth-order valence-electron chi connectivity index (χ4n) is 1.56. The highest BCUT2D eigenvalue weighted by molar-refractivity contribution is 6.59. The normalized spacial score (nSPS) is 11.1. The number of rotatable bonds is 8. The molecule has 0 heterocycles. The first kappa shape index (κ1) is 16.1. The maximum atomic E-state index is 13.0. The summed E-state index contributed by atoms with van der Waals surface area (Å²) in [7, 11) is -1.70. The summed E-state index contributed by atoms with van der Waals surface area (Å²) in [6.45, 7) is 5.89. The predicted molar refractivity (Wildman–Crippen MR) is 71.5 cm³/mol. The number of ether oxygens (including phenoxy) is 2. The SMILES string of the molecule is CC(C)COCCOCc1ccc(F)cc1B(O)O. The molecule has 0 unspecified atom stereocenters. The first-order chi connectivity index (χ1) is 9.00. The van der Waals surface area contributed by atoms with Crippen LogP contribution in [0.4, 0.5) is 4.39 Å². The maximum Gasteiger partial charge on any atom is 0.488 e. The van der Waals surface area contributed by atoms with Gasteiger partial charge in [-0.05, 0) is 29.1 Å². The van der Waals surface area contributed by atoms with E-state index in [0.29, 0.717) is 31.3 Å². The van der Waals surface area contributed by atoms with E-state index in [1.54, 1.807) is 0 Å². The van der Waals surface area contributed by atoms with E-state index in [1.807, 2.05) is 0 Å². The Hall–Kier alpha value is -0.945. The predicted octanol–water partition coefficient (Wildman–Crippen LogP) is 0.695. The quantitative estimate of drug-likeness (QED) is 0.539. The molecule has 1 rings (SSSR count). The summed E-state index contributed by atoms with van der Waals surface area (Å²) in [6.07, 6.45) is 0. The van der Waals surface area contributed by atoms with Crippen molar-refractivity contribution in [2.45, 2.75) is 20.5 Å². The van der Waals surface area contributed by atoms with Gasteiger partial charge < -0.3 is 19.5 Å². The Morgan fingerprint density at radius 2 is 1.89 bits per heavy atom. The second kappa shape index (κ2) is 8.27. The molecular weight excluding hydrogens is 250 g/mol. The number of hydrogen-bond donors (Lipinski definition) is 2. The monoisotopic (exact) mass is 270 g/mol. The molecule has 6 heteroatoms. The van der Waals surface area contributed by atoms with Crippen LogP contribution in [0.15, 0.2) is 18.2 Å². The lowest BCUT2D eigenvalue weighted by Crippen LogP contribution is -2.33. The van der Waals surface area contributed by atoms with Gasteiger partial charge in [0, 0.05) is 6.61 Å². The van der Waals surface area contributed by atoms with E-state index in [0.717, 1.165) is 6.07 Å². The summed E-state index contributed by atoms with van der Waals surface area (Å²) in [4.78, 5) is 0. The van der Waals surface area contributed by atoms with E-state index in [9.17, 15) is 4.39 Å². The zero-order chi connectivity index (χ0) is 14.3. The molecule has 106 valence electrons. The second-order valence-electron chi connectivity index (χ2n) is 4.74. The van der Waals surface area contributed by atoms with Gasteiger partial charge in [-0.1, -0.05) is 19.9 Å². The zero-order valence-corrected chi connectivity index (χ0v) is 11.3. The van der Waals surface area contributed by atoms with Gasteiger partial charge in [0.25, 0.3) is 0 Å². The van der Waals surface area contributed by atoms with Crippen molar-refractivity contribution in [1.29, 1.82) is 0 Å². The summed E-state index contributed by atoms with van der Waals surface area (Å²) in [6, 6.07) is 3.84. The number of halogens is 1. The summed E-state index contributed by atoms with van der Waals surface area (Å²) >= 11 is 0. The summed E-state index contributed by atoms with van der Waals surface area (Å²) in [5.74, 6) is -0.0275. The van der Waals surface area contributed by atoms with E-state index in [2.05, 4.69) is 13.8 Å². The Kier molecular flexibility index (Phi) is 7.01. The summed E-state index contributed by atoms with van der Waals surface area (Å²) in [5.41, 5.74) is 0.684. The van der Waals surface area contributed by atoms with Crippen LogP contribution in [0.2, 0.25) is 0 Å². The Morgan fingerprint density at radius 1 is 1.21 bits per heavy atom. The minimum Gasteiger partial charge on any atom is -0.423 e. The van der Waals surface area contributed by atoms with Crippen molar-refractivity contribution < 1.29 is 23.9 Å². The third kappa shape index (κ3) is 6.16. The van der Waals surface area contributed by atoms with Crippen molar-refractivity contribution in [3.05, 3.63) is 29.6 Å². The lowest BCUT2D eigenvalue weighted by atomic mass is 9.77. The molecule has 0 atom stereocenters. The van der Waals surface area contributed by atoms with Crippen LogP contribution in [0.5, 0.6) is 0 Å². The van der Waals surface area contributed by atoms with Crippen LogP contribution < -0.4 is 5.46 Å². The van der Waals surface area contributed by atoms with Crippen molar-refractivity contribution in [3.8, 4) is 0 Å². The number of benzene rings is 1. The molecule has 0 aromatic heterocycles. The molecule has 0 aliphatic carbocycles. The van der Waals surface area contributed by atoms with Gasteiger partial charge in [0.15, 0.2) is 0 Å². The molecule has 0 saturated heterocycles. The molecule has 19 heavy (non-hydrogen) atoms. The molecule has 0 fully saturated rings. The van der Waals surface area contributed by atoms with E-state index in [1.165, 1.54) is 12.1 Å². The minimum absolute atomic E-state index is 0.128. The molecule has 0 amide bonds. The van der Waals surface area contributed by atoms with Crippen LogP contribution in [-0.2, 0) is 16.1 Å². The molecule has 0 spiro atoms. The van der Waals surface area contributed by atoms with Gasteiger partial charge in [0.05, 0.1) is 19.8 Å². The van der Waals surface area contributed by atoms with Crippen LogP contribution in [0.25, 0.3) is 0 Å². The van der Waals surface area contributed by atoms with E-state index in [4.69, 9.17) is 19.5 Å². The fourth-order valence-corrected chi connectivity index (χ4v) is 1.56. The Balaban J connectivity index is 2.37. The molecule has 1 aromatic carbocycles. The van der Waals surface area contributed by atoms with Crippen molar-refractivity contribution in [2.75, 3.05) is 19.8 Å². The van der Waals surface area contributed by atoms with Gasteiger partial charge in [-0.15, -0.1) is 0 Å². The first-order valence-corrected chi connectivity index (χ1v) is 6.30. The average Bonchev–Trinajstić information content (AvgIpc) is 2.34. The highest BCUT2D eigenvalue weighted by atomic mass is 19.1. The van der Waals surface area contributed by atoms with Crippen LogP contribution in [0.1, 0.15) is 19.4 Å². The molecule has 0 aliphatic rings. The van der Waals surface area contributed by atoms with Crippen molar-refractivity contribution >= 4 is 12.6 Å². The van der Waals surface area contributed by atoms with Crippen molar-refractivity contribution in [3.63, 3.8) is 0 Å². The van der Waals surface area contributed by atoms with E-state index in [-0.39, 0.29) is 12.1 Å². The van der Waals surface area contributed by atoms with Crippen molar-refractivity contribution in [1.82, 2.24) is 0 Å². The molecule has 4 nitrogen and oxygen atoms in total. The first-order valence-electron chi connectivity index (χ1n) is 6.30. The fraction of sp³-hybridized carbons (Fsp3) is 0.538. The lowest BCUT2D eigenvalue weighted by Gasteiger charge is -2.10. The van der Waals surface area contributed by atoms with Gasteiger partial charge in [0.2, 0.25) is 0 Å². The van der Waals surface area contributed by atoms with Gasteiger partial charge in [-0.2, -0.15) is 0 Å². The third-order valence-electron chi connectivity index (χ3n) is 2.47. The van der Waals surface area contributed by atoms with Gasteiger partial charge in [-0.3, -0.25) is 0 Å². The molecule has 0 bridgehead atoms. The highest BCUT2D eigenvalue weighted by Crippen LogP contribution is 2.03. The molecule has 0 saturated carbocycles. The maximum absolute atomic E-state index is 13.0. The topological polar surface area (TPSA) is 58.9 Å². The summed E-state index contributed by atoms with van der Waals surface area (Å²) in [5, 5.41) is 18.3. The van der Waals surface area contributed by atoms with Crippen LogP contribution in [0, 0.1) is 11.7 Å². The minimum atomic E-state index is -1.70. The van der Waals surface area contributed by atoms with Gasteiger partial charge in [-0.25, -0.2) is 4.39 Å². The molecular formula is C13H20BFO4. The lowest BCUT2D eigenvalue weighted by molar-refractivity contribution is 0.0316. The average molecular weight is 270 g/mol. The highest BCUT2D eigenvalue weighted by Gasteiger charge is 2.16. The Labute approximate surface area is 113 Å². The van der Waals surface area contributed by atoms with E-state index >= 15 is 0 Å². The molecule has 0 aliphatic heterocycles. The van der Waals surface area contributed by atoms with Crippen LogP contribution >= 0.6 is 0 Å². The molecule has 0 radical (unpaired) electrons. The van der Waals surface area contributed by atoms with Gasteiger partial charge in [0.1, 0.15) is 5.82 Å². The van der Waals surface area contributed by atoms with Crippen molar-refractivity contribution in [2.24, 2.45) is 5.92 Å². The zero-order valence-electron chi connectivity index (χ0n) is 11.3. The van der Waals surface area contributed by atoms with E-state index < -0.39 is 12.9 Å².